The van der Waals surface area contributed by atoms with Crippen LogP contribution in [0.2, 0.25) is 0 Å². The van der Waals surface area contributed by atoms with Crippen LogP contribution < -0.4 is 0 Å². The normalized spacial score (nSPS) is 16.2. The van der Waals surface area contributed by atoms with Crippen LogP contribution in [-0.2, 0) is 0 Å². The molecule has 0 aromatic carbocycles. The van der Waals surface area contributed by atoms with Crippen molar-refractivity contribution < 1.29 is 0 Å². The maximum atomic E-state index is 2.52. The van der Waals surface area contributed by atoms with Crippen molar-refractivity contribution in [2.24, 2.45) is 0 Å². The molecule has 1 aliphatic heterocycles. The molecule has 174 valence electrons. The van der Waals surface area contributed by atoms with Crippen molar-refractivity contribution in [3.8, 4) is 0 Å². The Labute approximate surface area is 185 Å². The Kier molecular flexibility index (Phi) is 18.5. The molecule has 1 heterocycles. The minimum Gasteiger partial charge on any atom is -0.290 e. The zero-order chi connectivity index (χ0) is 21.0. The molecule has 2 heteroatoms. The summed E-state index contributed by atoms with van der Waals surface area (Å²) in [6, 6.07) is 0. The molecule has 0 saturated carbocycles. The number of hydrogen-bond acceptors (Lipinski definition) is 2. The van der Waals surface area contributed by atoms with Crippen molar-refractivity contribution in [1.29, 1.82) is 0 Å². The average Bonchev–Trinajstić information content (AvgIpc) is 3.04. The van der Waals surface area contributed by atoms with Gasteiger partial charge in [0.1, 0.15) is 0 Å². The predicted octanol–water partition coefficient (Wildman–Crippen LogP) is 8.40. The number of unbranched alkanes of at least 4 members (excludes halogenated alkanes) is 19. The molecule has 0 atom stereocenters. The molecular formula is C27H56N2. The van der Waals surface area contributed by atoms with Crippen LogP contribution in [0.5, 0.6) is 0 Å². The highest BCUT2D eigenvalue weighted by atomic mass is 15.4. The van der Waals surface area contributed by atoms with Gasteiger partial charge in [-0.15, -0.1) is 0 Å². The number of nitrogens with zero attached hydrogens (tertiary/aromatic N) is 2. The lowest BCUT2D eigenvalue weighted by Gasteiger charge is -2.24. The van der Waals surface area contributed by atoms with E-state index in [4.69, 9.17) is 0 Å². The summed E-state index contributed by atoms with van der Waals surface area (Å²) in [5.41, 5.74) is 0. The van der Waals surface area contributed by atoms with Crippen molar-refractivity contribution in [1.82, 2.24) is 9.80 Å². The minimum absolute atomic E-state index is 0.713. The van der Waals surface area contributed by atoms with Crippen LogP contribution in [-0.4, -0.2) is 43.2 Å². The molecule has 1 rings (SSSR count). The van der Waals surface area contributed by atoms with E-state index in [0.29, 0.717) is 6.17 Å². The molecule has 0 aliphatic carbocycles. The molecule has 0 N–H and O–H groups in total. The first-order chi connectivity index (χ1) is 14.3. The maximum absolute atomic E-state index is 2.52. The van der Waals surface area contributed by atoms with Crippen LogP contribution in [0.3, 0.4) is 0 Å². The van der Waals surface area contributed by atoms with Crippen molar-refractivity contribution in [3.05, 3.63) is 0 Å². The highest BCUT2D eigenvalue weighted by molar-refractivity contribution is 4.76. The summed E-state index contributed by atoms with van der Waals surface area (Å²) in [5.74, 6) is 0. The van der Waals surface area contributed by atoms with Gasteiger partial charge in [-0.05, 0) is 20.5 Å². The van der Waals surface area contributed by atoms with Gasteiger partial charge in [0.25, 0.3) is 0 Å². The number of rotatable bonds is 21. The van der Waals surface area contributed by atoms with Gasteiger partial charge >= 0.3 is 0 Å². The summed E-state index contributed by atoms with van der Waals surface area (Å²) < 4.78 is 0. The third-order valence-corrected chi connectivity index (χ3v) is 7.14. The van der Waals surface area contributed by atoms with Crippen molar-refractivity contribution in [2.75, 3.05) is 27.2 Å². The molecule has 0 bridgehead atoms. The molecule has 1 saturated heterocycles. The maximum Gasteiger partial charge on any atom is 0.0618 e. The van der Waals surface area contributed by atoms with Gasteiger partial charge in [-0.2, -0.15) is 0 Å². The Bertz CT molecular complexity index is 320. The lowest BCUT2D eigenvalue weighted by atomic mass is 10.0. The third-order valence-electron chi connectivity index (χ3n) is 7.14. The van der Waals surface area contributed by atoms with Gasteiger partial charge in [0.15, 0.2) is 0 Å². The number of hydrogen-bond donors (Lipinski definition) is 0. The van der Waals surface area contributed by atoms with Gasteiger partial charge in [0.05, 0.1) is 6.17 Å². The van der Waals surface area contributed by atoms with Crippen molar-refractivity contribution >= 4 is 0 Å². The lowest BCUT2D eigenvalue weighted by molar-refractivity contribution is 0.171. The molecule has 1 fully saturated rings. The molecule has 0 radical (unpaired) electrons. The van der Waals surface area contributed by atoms with E-state index in [1.807, 2.05) is 0 Å². The Morgan fingerprint density at radius 1 is 0.448 bits per heavy atom. The summed E-state index contributed by atoms with van der Waals surface area (Å²) in [4.78, 5) is 5.05. The molecule has 29 heavy (non-hydrogen) atoms. The average molecular weight is 409 g/mol. The molecule has 0 aromatic heterocycles. The summed E-state index contributed by atoms with van der Waals surface area (Å²) in [7, 11) is 4.56. The van der Waals surface area contributed by atoms with E-state index in [9.17, 15) is 0 Å². The van der Waals surface area contributed by atoms with Crippen LogP contribution in [0, 0.1) is 0 Å². The van der Waals surface area contributed by atoms with Crippen LogP contribution in [0.1, 0.15) is 142 Å². The molecule has 0 aromatic rings. The van der Waals surface area contributed by atoms with Crippen LogP contribution in [0.15, 0.2) is 0 Å². The fourth-order valence-corrected chi connectivity index (χ4v) is 4.97. The van der Waals surface area contributed by atoms with Gasteiger partial charge in [0.2, 0.25) is 0 Å². The largest absolute Gasteiger partial charge is 0.290 e. The SMILES string of the molecule is CCCCCCCCCCCCCCCCCCCCCCC1N(C)CCN1C. The molecule has 1 aliphatic rings. The Balaban J connectivity index is 1.68. The van der Waals surface area contributed by atoms with E-state index in [0.717, 1.165) is 0 Å². The van der Waals surface area contributed by atoms with Gasteiger partial charge < -0.3 is 0 Å². The first kappa shape index (κ1) is 27.0. The molecule has 0 spiro atoms. The van der Waals surface area contributed by atoms with E-state index in [1.165, 1.54) is 148 Å². The first-order valence-corrected chi connectivity index (χ1v) is 13.7. The van der Waals surface area contributed by atoms with Gasteiger partial charge in [0, 0.05) is 13.1 Å². The Morgan fingerprint density at radius 3 is 1.03 bits per heavy atom. The standard InChI is InChI=1S/C27H56N2/c1-4-5-6-7-8-9-10-11-12-13-14-15-16-17-18-19-20-21-22-23-24-27-28(2)25-26-29(27)3/h27H,4-26H2,1-3H3. The fourth-order valence-electron chi connectivity index (χ4n) is 4.97. The molecule has 2 nitrogen and oxygen atoms in total. The summed E-state index contributed by atoms with van der Waals surface area (Å²) in [6.45, 7) is 4.80. The second kappa shape index (κ2) is 19.9. The topological polar surface area (TPSA) is 6.48 Å². The zero-order valence-corrected chi connectivity index (χ0v) is 20.7. The van der Waals surface area contributed by atoms with Gasteiger partial charge in [-0.25, -0.2) is 0 Å². The smallest absolute Gasteiger partial charge is 0.0618 e. The lowest BCUT2D eigenvalue weighted by Crippen LogP contribution is -2.34. The molecular weight excluding hydrogens is 352 g/mol. The van der Waals surface area contributed by atoms with Gasteiger partial charge in [-0.1, -0.05) is 135 Å². The Morgan fingerprint density at radius 2 is 0.724 bits per heavy atom. The number of likely N-dealkylation sites (N-methyl/N-ethyl adjacent to an activating group) is 2. The van der Waals surface area contributed by atoms with Crippen molar-refractivity contribution in [3.63, 3.8) is 0 Å². The first-order valence-electron chi connectivity index (χ1n) is 13.7. The fraction of sp³-hybridized carbons (Fsp3) is 1.00. The van der Waals surface area contributed by atoms with Gasteiger partial charge in [-0.3, -0.25) is 9.80 Å². The summed E-state index contributed by atoms with van der Waals surface area (Å²) in [5, 5.41) is 0. The third kappa shape index (κ3) is 15.4. The minimum atomic E-state index is 0.713. The van der Waals surface area contributed by atoms with Crippen LogP contribution >= 0.6 is 0 Å². The van der Waals surface area contributed by atoms with E-state index < -0.39 is 0 Å². The monoisotopic (exact) mass is 408 g/mol. The van der Waals surface area contributed by atoms with Crippen molar-refractivity contribution in [2.45, 2.75) is 148 Å². The van der Waals surface area contributed by atoms with E-state index in [-0.39, 0.29) is 0 Å². The highest BCUT2D eigenvalue weighted by Crippen LogP contribution is 2.18. The second-order valence-electron chi connectivity index (χ2n) is 9.95. The molecule has 0 unspecified atom stereocenters. The zero-order valence-electron chi connectivity index (χ0n) is 20.7. The molecule has 0 amide bonds. The quantitative estimate of drug-likeness (QED) is 0.176. The highest BCUT2D eigenvalue weighted by Gasteiger charge is 2.24. The Hall–Kier alpha value is -0.0800. The summed E-state index contributed by atoms with van der Waals surface area (Å²) in [6.07, 6.45) is 31.4. The van der Waals surface area contributed by atoms with Crippen LogP contribution in [0.4, 0.5) is 0 Å². The van der Waals surface area contributed by atoms with E-state index >= 15 is 0 Å². The second-order valence-corrected chi connectivity index (χ2v) is 9.95. The predicted molar refractivity (Wildman–Crippen MR) is 132 cm³/mol. The summed E-state index contributed by atoms with van der Waals surface area (Å²) >= 11 is 0. The van der Waals surface area contributed by atoms with E-state index in [2.05, 4.69) is 30.8 Å². The van der Waals surface area contributed by atoms with E-state index in [1.54, 1.807) is 0 Å². The van der Waals surface area contributed by atoms with Crippen LogP contribution in [0.25, 0.3) is 0 Å².